The quantitative estimate of drug-likeness (QED) is 0.403. The van der Waals surface area contributed by atoms with Gasteiger partial charge in [0.1, 0.15) is 24.0 Å². The summed E-state index contributed by atoms with van der Waals surface area (Å²) in [4.78, 5) is 42.4. The number of pyridine rings is 1. The van der Waals surface area contributed by atoms with E-state index < -0.39 is 18.0 Å². The lowest BCUT2D eigenvalue weighted by atomic mass is 10.1. The number of anilines is 1. The van der Waals surface area contributed by atoms with Crippen molar-refractivity contribution in [3.63, 3.8) is 0 Å². The first kappa shape index (κ1) is 26.1. The average molecular weight is 500 g/mol. The fourth-order valence-electron chi connectivity index (χ4n) is 3.59. The summed E-state index contributed by atoms with van der Waals surface area (Å²) in [6.45, 7) is 1.36. The smallest absolute Gasteiger partial charge is 0.412 e. The van der Waals surface area contributed by atoms with Gasteiger partial charge in [-0.15, -0.1) is 0 Å². The van der Waals surface area contributed by atoms with E-state index in [0.717, 1.165) is 10.8 Å². The van der Waals surface area contributed by atoms with Gasteiger partial charge in [0.2, 0.25) is 5.91 Å². The first-order valence-corrected chi connectivity index (χ1v) is 11.6. The molecule has 3 aromatic rings. The second-order valence-electron chi connectivity index (χ2n) is 8.25. The topological polar surface area (TPSA) is 88.6 Å². The Morgan fingerprint density at radius 2 is 1.86 bits per heavy atom. The van der Waals surface area contributed by atoms with Gasteiger partial charge in [-0.2, -0.15) is 0 Å². The number of ketones is 1. The lowest BCUT2D eigenvalue weighted by Crippen LogP contribution is -2.41. The van der Waals surface area contributed by atoms with Crippen molar-refractivity contribution in [3.8, 4) is 0 Å². The standard InChI is InChI=1S/C26H27ClFN3O4/c1-17(32)10-12-21(31(2)24(33)13-11-18-8-5-9-22(28)25(18)27)16-35-26(34)30-23-14-19-6-3-4-7-20(19)15-29-23/h3-9,14-15,21H,10-13,16H2,1-2H3,(H,29,30,34)/t21-/m0/s1. The maximum atomic E-state index is 13.7. The van der Waals surface area contributed by atoms with E-state index in [0.29, 0.717) is 17.8 Å². The van der Waals surface area contributed by atoms with Gasteiger partial charge in [-0.25, -0.2) is 14.2 Å². The van der Waals surface area contributed by atoms with Crippen LogP contribution in [-0.4, -0.2) is 47.4 Å². The molecular formula is C26H27ClFN3O4. The van der Waals surface area contributed by atoms with E-state index in [9.17, 15) is 18.8 Å². The van der Waals surface area contributed by atoms with Crippen LogP contribution in [-0.2, 0) is 20.7 Å². The molecule has 0 saturated carbocycles. The number of benzene rings is 2. The highest BCUT2D eigenvalue weighted by molar-refractivity contribution is 6.31. The number of amides is 2. The molecule has 1 heterocycles. The minimum atomic E-state index is -0.715. The Morgan fingerprint density at radius 1 is 1.11 bits per heavy atom. The number of aryl methyl sites for hydroxylation is 1. The number of fused-ring (bicyclic) bond motifs is 1. The van der Waals surface area contributed by atoms with E-state index >= 15 is 0 Å². The van der Waals surface area contributed by atoms with Gasteiger partial charge in [0.25, 0.3) is 0 Å². The summed E-state index contributed by atoms with van der Waals surface area (Å²) in [5, 5.41) is 4.44. The Morgan fingerprint density at radius 3 is 2.60 bits per heavy atom. The lowest BCUT2D eigenvalue weighted by Gasteiger charge is -2.28. The molecular weight excluding hydrogens is 473 g/mol. The Bertz CT molecular complexity index is 1220. The zero-order chi connectivity index (χ0) is 25.4. The van der Waals surface area contributed by atoms with Gasteiger partial charge >= 0.3 is 6.09 Å². The van der Waals surface area contributed by atoms with Crippen molar-refractivity contribution >= 4 is 46.0 Å². The van der Waals surface area contributed by atoms with Crippen molar-refractivity contribution in [2.24, 2.45) is 0 Å². The van der Waals surface area contributed by atoms with Crippen LogP contribution in [0.3, 0.4) is 0 Å². The summed E-state index contributed by atoms with van der Waals surface area (Å²) < 4.78 is 19.0. The fraction of sp³-hybridized carbons (Fsp3) is 0.308. The minimum Gasteiger partial charge on any atom is -0.447 e. The molecule has 2 aromatic carbocycles. The number of likely N-dealkylation sites (N-methyl/N-ethyl adjacent to an activating group) is 1. The van der Waals surface area contributed by atoms with E-state index in [-0.39, 0.29) is 42.6 Å². The maximum absolute atomic E-state index is 13.7. The number of ether oxygens (including phenoxy) is 1. The number of Topliss-reactive ketones (excluding diaryl/α,β-unsaturated/α-hetero) is 1. The molecule has 0 aliphatic rings. The number of nitrogens with one attached hydrogen (secondary N) is 1. The number of aromatic nitrogens is 1. The van der Waals surface area contributed by atoms with Gasteiger partial charge in [-0.05, 0) is 42.8 Å². The van der Waals surface area contributed by atoms with Crippen LogP contribution in [0.5, 0.6) is 0 Å². The SMILES string of the molecule is CC(=O)CC[C@@H](COC(=O)Nc1cc2ccccc2cn1)N(C)C(=O)CCc1cccc(F)c1Cl. The zero-order valence-corrected chi connectivity index (χ0v) is 20.3. The van der Waals surface area contributed by atoms with Gasteiger partial charge in [-0.3, -0.25) is 10.1 Å². The highest BCUT2D eigenvalue weighted by atomic mass is 35.5. The van der Waals surface area contributed by atoms with Gasteiger partial charge in [0, 0.05) is 31.5 Å². The third-order valence-electron chi connectivity index (χ3n) is 5.68. The van der Waals surface area contributed by atoms with Crippen LogP contribution < -0.4 is 5.32 Å². The summed E-state index contributed by atoms with van der Waals surface area (Å²) in [6.07, 6.45) is 1.85. The summed E-state index contributed by atoms with van der Waals surface area (Å²) in [7, 11) is 1.59. The molecule has 3 rings (SSSR count). The molecule has 0 aliphatic heterocycles. The van der Waals surface area contributed by atoms with Crippen LogP contribution >= 0.6 is 11.6 Å². The first-order valence-electron chi connectivity index (χ1n) is 11.2. The van der Waals surface area contributed by atoms with Gasteiger partial charge < -0.3 is 14.4 Å². The molecule has 0 aliphatic carbocycles. The van der Waals surface area contributed by atoms with Crippen LogP contribution in [0.4, 0.5) is 15.0 Å². The third kappa shape index (κ3) is 7.48. The van der Waals surface area contributed by atoms with E-state index in [1.165, 1.54) is 24.0 Å². The van der Waals surface area contributed by atoms with Crippen LogP contribution in [0.15, 0.2) is 54.7 Å². The highest BCUT2D eigenvalue weighted by Crippen LogP contribution is 2.22. The molecule has 0 spiro atoms. The van der Waals surface area contributed by atoms with E-state index in [1.54, 1.807) is 25.4 Å². The number of halogens is 2. The Balaban J connectivity index is 1.58. The average Bonchev–Trinajstić information content (AvgIpc) is 2.84. The van der Waals surface area contributed by atoms with Crippen molar-refractivity contribution < 1.29 is 23.5 Å². The molecule has 0 fully saturated rings. The zero-order valence-electron chi connectivity index (χ0n) is 19.6. The molecule has 0 bridgehead atoms. The molecule has 1 atom stereocenters. The summed E-state index contributed by atoms with van der Waals surface area (Å²) in [5.74, 6) is -0.471. The van der Waals surface area contributed by atoms with E-state index in [2.05, 4.69) is 10.3 Å². The number of carbonyl (C=O) groups excluding carboxylic acids is 3. The molecule has 184 valence electrons. The van der Waals surface area contributed by atoms with Crippen LogP contribution in [0.1, 0.15) is 31.7 Å². The van der Waals surface area contributed by atoms with Crippen LogP contribution in [0, 0.1) is 5.82 Å². The normalized spacial score (nSPS) is 11.7. The molecule has 1 aromatic heterocycles. The van der Waals surface area contributed by atoms with Crippen molar-refractivity contribution in [3.05, 3.63) is 71.1 Å². The van der Waals surface area contributed by atoms with Crippen LogP contribution in [0.25, 0.3) is 10.8 Å². The molecule has 2 amide bonds. The highest BCUT2D eigenvalue weighted by Gasteiger charge is 2.22. The summed E-state index contributed by atoms with van der Waals surface area (Å²) in [5.41, 5.74) is 0.534. The molecule has 1 N–H and O–H groups in total. The van der Waals surface area contributed by atoms with Crippen molar-refractivity contribution in [2.45, 2.75) is 38.6 Å². The summed E-state index contributed by atoms with van der Waals surface area (Å²) >= 11 is 5.98. The molecule has 9 heteroatoms. The van der Waals surface area contributed by atoms with Gasteiger partial charge in [0.05, 0.1) is 11.1 Å². The number of carbonyl (C=O) groups is 3. The third-order valence-corrected chi connectivity index (χ3v) is 6.10. The number of nitrogens with zero attached hydrogens (tertiary/aromatic N) is 2. The molecule has 35 heavy (non-hydrogen) atoms. The second-order valence-corrected chi connectivity index (χ2v) is 8.63. The van der Waals surface area contributed by atoms with Crippen molar-refractivity contribution in [1.82, 2.24) is 9.88 Å². The maximum Gasteiger partial charge on any atom is 0.412 e. The molecule has 0 saturated heterocycles. The number of rotatable bonds is 10. The lowest BCUT2D eigenvalue weighted by molar-refractivity contribution is -0.133. The Hall–Kier alpha value is -3.52. The predicted molar refractivity (Wildman–Crippen MR) is 133 cm³/mol. The van der Waals surface area contributed by atoms with E-state index in [1.807, 2.05) is 24.3 Å². The van der Waals surface area contributed by atoms with Crippen molar-refractivity contribution in [1.29, 1.82) is 0 Å². The summed E-state index contributed by atoms with van der Waals surface area (Å²) in [6, 6.07) is 13.3. The number of hydrogen-bond donors (Lipinski definition) is 1. The Kier molecular flexibility index (Phi) is 9.14. The largest absolute Gasteiger partial charge is 0.447 e. The fourth-order valence-corrected chi connectivity index (χ4v) is 3.81. The van der Waals surface area contributed by atoms with Crippen LogP contribution in [0.2, 0.25) is 5.02 Å². The minimum absolute atomic E-state index is 0.00149. The monoisotopic (exact) mass is 499 g/mol. The van der Waals surface area contributed by atoms with Gasteiger partial charge in [0.15, 0.2) is 0 Å². The van der Waals surface area contributed by atoms with E-state index in [4.69, 9.17) is 16.3 Å². The Labute approximate surface area is 208 Å². The second kappa shape index (κ2) is 12.3. The predicted octanol–water partition coefficient (Wildman–Crippen LogP) is 5.40. The van der Waals surface area contributed by atoms with Crippen molar-refractivity contribution in [2.75, 3.05) is 19.0 Å². The molecule has 0 radical (unpaired) electrons. The number of hydrogen-bond acceptors (Lipinski definition) is 5. The first-order chi connectivity index (χ1) is 16.7. The van der Waals surface area contributed by atoms with Gasteiger partial charge in [-0.1, -0.05) is 48.0 Å². The molecule has 0 unspecified atom stereocenters. The molecule has 7 nitrogen and oxygen atoms in total.